The topological polar surface area (TPSA) is 27.0 Å². The lowest BCUT2D eigenvalue weighted by Crippen LogP contribution is -2.19. The normalized spacial score (nSPS) is 20.3. The molecule has 1 aromatic carbocycles. The number of hydrogen-bond acceptors (Lipinski definition) is 2. The Morgan fingerprint density at radius 3 is 3.07 bits per heavy atom. The molecule has 0 saturated carbocycles. The zero-order valence-electron chi connectivity index (χ0n) is 9.11. The fourth-order valence-electron chi connectivity index (χ4n) is 2.17. The van der Waals surface area contributed by atoms with Gasteiger partial charge in [-0.3, -0.25) is 0 Å². The molecule has 0 spiro atoms. The van der Waals surface area contributed by atoms with Gasteiger partial charge in [0.1, 0.15) is 0 Å². The molecule has 0 aliphatic carbocycles. The molecule has 2 heteroatoms. The number of nitrogens with zero attached hydrogens (tertiary/aromatic N) is 2. The number of anilines is 1. The molecule has 0 aromatic heterocycles. The van der Waals surface area contributed by atoms with Gasteiger partial charge in [0.2, 0.25) is 0 Å². The molecule has 1 heterocycles. The minimum Gasteiger partial charge on any atom is -0.371 e. The SMILES string of the molecule is CCC1CCN(c2cccc(C#N)c2)C1. The smallest absolute Gasteiger partial charge is 0.0992 e. The summed E-state index contributed by atoms with van der Waals surface area (Å²) in [6, 6.07) is 10.1. The van der Waals surface area contributed by atoms with Crippen LogP contribution in [0, 0.1) is 17.2 Å². The third kappa shape index (κ3) is 2.12. The Balaban J connectivity index is 2.14. The highest BCUT2D eigenvalue weighted by Gasteiger charge is 2.20. The summed E-state index contributed by atoms with van der Waals surface area (Å²) in [6.07, 6.45) is 2.54. The van der Waals surface area contributed by atoms with Gasteiger partial charge in [-0.2, -0.15) is 5.26 Å². The highest BCUT2D eigenvalue weighted by Crippen LogP contribution is 2.25. The maximum atomic E-state index is 8.83. The monoisotopic (exact) mass is 200 g/mol. The first-order chi connectivity index (χ1) is 7.33. The van der Waals surface area contributed by atoms with E-state index in [-0.39, 0.29) is 0 Å². The largest absolute Gasteiger partial charge is 0.371 e. The average Bonchev–Trinajstić information content (AvgIpc) is 2.78. The van der Waals surface area contributed by atoms with Gasteiger partial charge >= 0.3 is 0 Å². The fraction of sp³-hybridized carbons (Fsp3) is 0.462. The molecular formula is C13H16N2. The zero-order valence-corrected chi connectivity index (χ0v) is 9.11. The van der Waals surface area contributed by atoms with Crippen molar-refractivity contribution in [1.29, 1.82) is 5.26 Å². The lowest BCUT2D eigenvalue weighted by atomic mass is 10.1. The Morgan fingerprint density at radius 2 is 2.40 bits per heavy atom. The van der Waals surface area contributed by atoms with Crippen LogP contribution in [-0.4, -0.2) is 13.1 Å². The first-order valence-electron chi connectivity index (χ1n) is 5.58. The van der Waals surface area contributed by atoms with E-state index in [0.717, 1.165) is 24.6 Å². The van der Waals surface area contributed by atoms with Gasteiger partial charge in [-0.05, 0) is 30.5 Å². The molecule has 0 radical (unpaired) electrons. The first kappa shape index (κ1) is 10.0. The Labute approximate surface area is 91.1 Å². The molecule has 2 nitrogen and oxygen atoms in total. The van der Waals surface area contributed by atoms with Gasteiger partial charge in [-0.1, -0.05) is 19.4 Å². The van der Waals surface area contributed by atoms with E-state index in [0.29, 0.717) is 0 Å². The van der Waals surface area contributed by atoms with Gasteiger partial charge in [0.15, 0.2) is 0 Å². The van der Waals surface area contributed by atoms with Crippen LogP contribution in [0.3, 0.4) is 0 Å². The molecule has 1 aliphatic heterocycles. The maximum absolute atomic E-state index is 8.83. The number of hydrogen-bond donors (Lipinski definition) is 0. The maximum Gasteiger partial charge on any atom is 0.0992 e. The van der Waals surface area contributed by atoms with Crippen molar-refractivity contribution in [2.75, 3.05) is 18.0 Å². The van der Waals surface area contributed by atoms with Crippen molar-refractivity contribution in [3.63, 3.8) is 0 Å². The predicted octanol–water partition coefficient (Wildman–Crippen LogP) is 2.79. The molecule has 1 fully saturated rings. The molecule has 1 saturated heterocycles. The van der Waals surface area contributed by atoms with Crippen molar-refractivity contribution in [2.24, 2.45) is 5.92 Å². The summed E-state index contributed by atoms with van der Waals surface area (Å²) < 4.78 is 0. The Hall–Kier alpha value is -1.49. The van der Waals surface area contributed by atoms with E-state index in [2.05, 4.69) is 24.0 Å². The van der Waals surface area contributed by atoms with Gasteiger partial charge < -0.3 is 4.90 Å². The average molecular weight is 200 g/mol. The van der Waals surface area contributed by atoms with Crippen LogP contribution < -0.4 is 4.90 Å². The predicted molar refractivity (Wildman–Crippen MR) is 61.8 cm³/mol. The van der Waals surface area contributed by atoms with Gasteiger partial charge in [-0.15, -0.1) is 0 Å². The van der Waals surface area contributed by atoms with Gasteiger partial charge in [0, 0.05) is 18.8 Å². The summed E-state index contributed by atoms with van der Waals surface area (Å²) in [5, 5.41) is 8.83. The lowest BCUT2D eigenvalue weighted by Gasteiger charge is -2.18. The summed E-state index contributed by atoms with van der Waals surface area (Å²) in [7, 11) is 0. The van der Waals surface area contributed by atoms with Crippen molar-refractivity contribution in [3.05, 3.63) is 29.8 Å². The molecule has 2 rings (SSSR count). The zero-order chi connectivity index (χ0) is 10.7. The van der Waals surface area contributed by atoms with E-state index in [9.17, 15) is 0 Å². The van der Waals surface area contributed by atoms with E-state index in [1.54, 1.807) is 0 Å². The standard InChI is InChI=1S/C13H16N2/c1-2-11-6-7-15(10-11)13-5-3-4-12(8-13)9-14/h3-5,8,11H,2,6-7,10H2,1H3. The van der Waals surface area contributed by atoms with Crippen molar-refractivity contribution in [2.45, 2.75) is 19.8 Å². The molecule has 0 N–H and O–H groups in total. The third-order valence-corrected chi connectivity index (χ3v) is 3.20. The van der Waals surface area contributed by atoms with E-state index >= 15 is 0 Å². The summed E-state index contributed by atoms with van der Waals surface area (Å²) in [5.74, 6) is 0.829. The molecule has 1 unspecified atom stereocenters. The lowest BCUT2D eigenvalue weighted by molar-refractivity contribution is 0.569. The van der Waals surface area contributed by atoms with Crippen LogP contribution in [0.15, 0.2) is 24.3 Å². The molecule has 15 heavy (non-hydrogen) atoms. The fourth-order valence-corrected chi connectivity index (χ4v) is 2.17. The number of rotatable bonds is 2. The Morgan fingerprint density at radius 1 is 1.53 bits per heavy atom. The van der Waals surface area contributed by atoms with E-state index in [4.69, 9.17) is 5.26 Å². The number of nitriles is 1. The molecule has 0 amide bonds. The van der Waals surface area contributed by atoms with E-state index in [1.165, 1.54) is 18.5 Å². The second-order valence-electron chi connectivity index (χ2n) is 4.17. The quantitative estimate of drug-likeness (QED) is 0.734. The highest BCUT2D eigenvalue weighted by atomic mass is 15.1. The summed E-state index contributed by atoms with van der Waals surface area (Å²) in [5.41, 5.74) is 1.96. The van der Waals surface area contributed by atoms with Crippen LogP contribution in [0.1, 0.15) is 25.3 Å². The molecular weight excluding hydrogens is 184 g/mol. The highest BCUT2D eigenvalue weighted by molar-refractivity contribution is 5.52. The minimum atomic E-state index is 0.757. The van der Waals surface area contributed by atoms with Crippen molar-refractivity contribution in [3.8, 4) is 6.07 Å². The van der Waals surface area contributed by atoms with Crippen molar-refractivity contribution >= 4 is 5.69 Å². The van der Waals surface area contributed by atoms with Crippen LogP contribution in [0.25, 0.3) is 0 Å². The van der Waals surface area contributed by atoms with Crippen LogP contribution in [0.2, 0.25) is 0 Å². The second-order valence-corrected chi connectivity index (χ2v) is 4.17. The third-order valence-electron chi connectivity index (χ3n) is 3.20. The van der Waals surface area contributed by atoms with Gasteiger partial charge in [0.05, 0.1) is 11.6 Å². The number of benzene rings is 1. The van der Waals surface area contributed by atoms with Gasteiger partial charge in [0.25, 0.3) is 0 Å². The Kier molecular flexibility index (Phi) is 2.91. The van der Waals surface area contributed by atoms with E-state index in [1.807, 2.05) is 18.2 Å². The van der Waals surface area contributed by atoms with Crippen molar-refractivity contribution in [1.82, 2.24) is 0 Å². The molecule has 0 bridgehead atoms. The van der Waals surface area contributed by atoms with Gasteiger partial charge in [-0.25, -0.2) is 0 Å². The van der Waals surface area contributed by atoms with Crippen LogP contribution >= 0.6 is 0 Å². The molecule has 1 atom stereocenters. The van der Waals surface area contributed by atoms with E-state index < -0.39 is 0 Å². The van der Waals surface area contributed by atoms with Crippen molar-refractivity contribution < 1.29 is 0 Å². The molecule has 1 aromatic rings. The molecule has 78 valence electrons. The molecule has 1 aliphatic rings. The first-order valence-corrected chi connectivity index (χ1v) is 5.58. The summed E-state index contributed by atoms with van der Waals surface area (Å²) in [6.45, 7) is 4.53. The summed E-state index contributed by atoms with van der Waals surface area (Å²) >= 11 is 0. The minimum absolute atomic E-state index is 0.757. The van der Waals surface area contributed by atoms with Crippen LogP contribution in [0.4, 0.5) is 5.69 Å². The van der Waals surface area contributed by atoms with Crippen LogP contribution in [-0.2, 0) is 0 Å². The Bertz CT molecular complexity index is 378. The summed E-state index contributed by atoms with van der Waals surface area (Å²) in [4.78, 5) is 2.38. The second kappa shape index (κ2) is 4.35. The van der Waals surface area contributed by atoms with Crippen LogP contribution in [0.5, 0.6) is 0 Å².